The van der Waals surface area contributed by atoms with Crippen molar-refractivity contribution in [2.75, 3.05) is 13.7 Å². The van der Waals surface area contributed by atoms with Crippen LogP contribution in [0.15, 0.2) is 0 Å². The molecule has 1 amide bonds. The fraction of sp³-hybridized carbons (Fsp3) is 0.917. The van der Waals surface area contributed by atoms with E-state index >= 15 is 0 Å². The molecular formula is C12H22N2O3. The number of aliphatic hydroxyl groups excluding tert-OH is 1. The maximum Gasteiger partial charge on any atom is 0.237 e. The molecule has 5 nitrogen and oxygen atoms in total. The number of rotatable bonds is 3. The van der Waals surface area contributed by atoms with Gasteiger partial charge in [0.1, 0.15) is 0 Å². The lowest BCUT2D eigenvalue weighted by atomic mass is 9.92. The Hall–Kier alpha value is -0.650. The van der Waals surface area contributed by atoms with Gasteiger partial charge in [0.15, 0.2) is 0 Å². The van der Waals surface area contributed by atoms with Crippen molar-refractivity contribution in [1.29, 1.82) is 0 Å². The number of methoxy groups -OCH3 is 1. The van der Waals surface area contributed by atoms with Crippen LogP contribution in [0.4, 0.5) is 0 Å². The number of nitrogens with one attached hydrogen (secondary N) is 2. The van der Waals surface area contributed by atoms with Crippen LogP contribution in [0.25, 0.3) is 0 Å². The van der Waals surface area contributed by atoms with Crippen LogP contribution in [0.2, 0.25) is 0 Å². The Morgan fingerprint density at radius 2 is 2.18 bits per heavy atom. The van der Waals surface area contributed by atoms with E-state index in [1.54, 1.807) is 7.11 Å². The summed E-state index contributed by atoms with van der Waals surface area (Å²) in [5.41, 5.74) is 0. The van der Waals surface area contributed by atoms with Gasteiger partial charge in [-0.1, -0.05) is 12.8 Å². The van der Waals surface area contributed by atoms with Crippen LogP contribution < -0.4 is 10.6 Å². The molecule has 1 aliphatic heterocycles. The molecule has 0 aromatic heterocycles. The van der Waals surface area contributed by atoms with Crippen molar-refractivity contribution in [3.8, 4) is 0 Å². The van der Waals surface area contributed by atoms with E-state index in [1.165, 1.54) is 0 Å². The first-order valence-electron chi connectivity index (χ1n) is 6.45. The third-order valence-electron chi connectivity index (χ3n) is 3.80. The number of aliphatic hydroxyl groups is 1. The largest absolute Gasteiger partial charge is 0.391 e. The van der Waals surface area contributed by atoms with E-state index < -0.39 is 0 Å². The van der Waals surface area contributed by atoms with E-state index in [4.69, 9.17) is 4.74 Å². The predicted octanol–water partition coefficient (Wildman–Crippen LogP) is -0.217. The molecule has 17 heavy (non-hydrogen) atoms. The number of hydrogen-bond donors (Lipinski definition) is 3. The van der Waals surface area contributed by atoms with Gasteiger partial charge >= 0.3 is 0 Å². The maximum absolute atomic E-state index is 12.0. The first kappa shape index (κ1) is 12.8. The molecule has 2 aliphatic rings. The highest BCUT2D eigenvalue weighted by Gasteiger charge is 2.32. The molecule has 2 rings (SSSR count). The monoisotopic (exact) mass is 242 g/mol. The lowest BCUT2D eigenvalue weighted by Crippen LogP contribution is -2.50. The third-order valence-corrected chi connectivity index (χ3v) is 3.80. The van der Waals surface area contributed by atoms with Gasteiger partial charge in [-0.05, 0) is 19.3 Å². The molecule has 98 valence electrons. The van der Waals surface area contributed by atoms with E-state index in [9.17, 15) is 9.90 Å². The Labute approximate surface area is 102 Å². The lowest BCUT2D eigenvalue weighted by Gasteiger charge is -2.29. The number of carbonyl (C=O) groups is 1. The number of hydrogen-bond acceptors (Lipinski definition) is 4. The molecule has 1 heterocycles. The van der Waals surface area contributed by atoms with Crippen LogP contribution >= 0.6 is 0 Å². The van der Waals surface area contributed by atoms with Crippen LogP contribution in [0, 0.1) is 0 Å². The van der Waals surface area contributed by atoms with E-state index in [-0.39, 0.29) is 30.2 Å². The average Bonchev–Trinajstić information content (AvgIpc) is 2.81. The van der Waals surface area contributed by atoms with Crippen molar-refractivity contribution in [1.82, 2.24) is 10.6 Å². The van der Waals surface area contributed by atoms with Gasteiger partial charge in [-0.25, -0.2) is 0 Å². The SMILES string of the molecule is COC1CNC(C(=O)NC2CCCCC2O)C1. The van der Waals surface area contributed by atoms with Crippen molar-refractivity contribution in [3.05, 3.63) is 0 Å². The van der Waals surface area contributed by atoms with E-state index in [1.807, 2.05) is 0 Å². The topological polar surface area (TPSA) is 70.6 Å². The summed E-state index contributed by atoms with van der Waals surface area (Å²) in [6.07, 6.45) is 4.28. The summed E-state index contributed by atoms with van der Waals surface area (Å²) in [6.45, 7) is 0.724. The second-order valence-electron chi connectivity index (χ2n) is 5.02. The molecule has 0 spiro atoms. The van der Waals surface area contributed by atoms with E-state index in [2.05, 4.69) is 10.6 Å². The zero-order chi connectivity index (χ0) is 12.3. The minimum absolute atomic E-state index is 0.00417. The van der Waals surface area contributed by atoms with Crippen LogP contribution in [-0.4, -0.2) is 49.0 Å². The molecular weight excluding hydrogens is 220 g/mol. The van der Waals surface area contributed by atoms with Crippen molar-refractivity contribution in [3.63, 3.8) is 0 Å². The summed E-state index contributed by atoms with van der Waals surface area (Å²) in [5, 5.41) is 15.9. The summed E-state index contributed by atoms with van der Waals surface area (Å²) >= 11 is 0. The normalized spacial score (nSPS) is 38.0. The van der Waals surface area contributed by atoms with E-state index in [0.29, 0.717) is 6.42 Å². The van der Waals surface area contributed by atoms with Gasteiger partial charge in [-0.15, -0.1) is 0 Å². The van der Waals surface area contributed by atoms with Crippen LogP contribution in [0.3, 0.4) is 0 Å². The Kier molecular flexibility index (Phi) is 4.36. The second kappa shape index (κ2) is 5.80. The molecule has 1 saturated heterocycles. The minimum atomic E-state index is -0.382. The molecule has 0 aromatic rings. The molecule has 3 N–H and O–H groups in total. The van der Waals surface area contributed by atoms with Gasteiger partial charge < -0.3 is 20.5 Å². The molecule has 5 heteroatoms. The third kappa shape index (κ3) is 3.18. The fourth-order valence-electron chi connectivity index (χ4n) is 2.65. The van der Waals surface area contributed by atoms with Gasteiger partial charge in [0.05, 0.1) is 24.3 Å². The second-order valence-corrected chi connectivity index (χ2v) is 5.02. The van der Waals surface area contributed by atoms with Gasteiger partial charge in [-0.3, -0.25) is 4.79 Å². The average molecular weight is 242 g/mol. The van der Waals surface area contributed by atoms with Crippen molar-refractivity contribution < 1.29 is 14.6 Å². The Bertz CT molecular complexity index is 272. The van der Waals surface area contributed by atoms with Gasteiger partial charge in [-0.2, -0.15) is 0 Å². The highest BCUT2D eigenvalue weighted by atomic mass is 16.5. The smallest absolute Gasteiger partial charge is 0.237 e. The van der Waals surface area contributed by atoms with Crippen molar-refractivity contribution in [2.24, 2.45) is 0 Å². The Morgan fingerprint density at radius 3 is 2.82 bits per heavy atom. The van der Waals surface area contributed by atoms with E-state index in [0.717, 1.165) is 32.2 Å². The number of amides is 1. The summed E-state index contributed by atoms with van der Waals surface area (Å²) in [6, 6.07) is -0.242. The predicted molar refractivity (Wildman–Crippen MR) is 63.6 cm³/mol. The Morgan fingerprint density at radius 1 is 1.41 bits per heavy atom. The standard InChI is InChI=1S/C12H22N2O3/c1-17-8-6-10(13-7-8)12(16)14-9-4-2-3-5-11(9)15/h8-11,13,15H,2-7H2,1H3,(H,14,16). The highest BCUT2D eigenvalue weighted by Crippen LogP contribution is 2.19. The fourth-order valence-corrected chi connectivity index (χ4v) is 2.65. The number of carbonyl (C=O) groups excluding carboxylic acids is 1. The molecule has 0 aromatic carbocycles. The quantitative estimate of drug-likeness (QED) is 0.640. The van der Waals surface area contributed by atoms with Crippen LogP contribution in [0.1, 0.15) is 32.1 Å². The van der Waals surface area contributed by atoms with Gasteiger partial charge in [0, 0.05) is 13.7 Å². The zero-order valence-corrected chi connectivity index (χ0v) is 10.3. The summed E-state index contributed by atoms with van der Waals surface area (Å²) in [4.78, 5) is 12.0. The first-order valence-corrected chi connectivity index (χ1v) is 6.45. The number of ether oxygens (including phenoxy) is 1. The molecule has 0 bridgehead atoms. The van der Waals surface area contributed by atoms with Crippen molar-refractivity contribution in [2.45, 2.75) is 56.4 Å². The molecule has 0 radical (unpaired) electrons. The molecule has 4 unspecified atom stereocenters. The lowest BCUT2D eigenvalue weighted by molar-refractivity contribution is -0.124. The van der Waals surface area contributed by atoms with Crippen LogP contribution in [0.5, 0.6) is 0 Å². The highest BCUT2D eigenvalue weighted by molar-refractivity contribution is 5.82. The molecule has 1 saturated carbocycles. The minimum Gasteiger partial charge on any atom is -0.391 e. The maximum atomic E-state index is 12.0. The van der Waals surface area contributed by atoms with Gasteiger partial charge in [0.2, 0.25) is 5.91 Å². The summed E-state index contributed by atoms with van der Waals surface area (Å²) < 4.78 is 5.21. The van der Waals surface area contributed by atoms with Crippen LogP contribution in [-0.2, 0) is 9.53 Å². The summed E-state index contributed by atoms with van der Waals surface area (Å²) in [5.74, 6) is -0.00417. The van der Waals surface area contributed by atoms with Gasteiger partial charge in [0.25, 0.3) is 0 Å². The van der Waals surface area contributed by atoms with Crippen molar-refractivity contribution >= 4 is 5.91 Å². The molecule has 2 fully saturated rings. The Balaban J connectivity index is 1.80. The molecule has 1 aliphatic carbocycles. The molecule has 4 atom stereocenters. The first-order chi connectivity index (χ1) is 8.20. The summed E-state index contributed by atoms with van der Waals surface area (Å²) in [7, 11) is 1.66. The zero-order valence-electron chi connectivity index (χ0n) is 10.3.